The quantitative estimate of drug-likeness (QED) is 0.631. The van der Waals surface area contributed by atoms with Crippen LogP contribution in [0.5, 0.6) is 0 Å². The maximum Gasteiger partial charge on any atom is 0.414 e. The molecule has 0 radical (unpaired) electrons. The summed E-state index contributed by atoms with van der Waals surface area (Å²) in [5.41, 5.74) is 2.54. The molecule has 0 bridgehead atoms. The van der Waals surface area contributed by atoms with Crippen molar-refractivity contribution in [2.24, 2.45) is 0 Å². The molecule has 0 N–H and O–H groups in total. The lowest BCUT2D eigenvalue weighted by molar-refractivity contribution is 0.146. The predicted octanol–water partition coefficient (Wildman–Crippen LogP) is 4.58. The summed E-state index contributed by atoms with van der Waals surface area (Å²) in [5, 5.41) is 0. The van der Waals surface area contributed by atoms with Crippen LogP contribution in [-0.2, 0) is 17.9 Å². The largest absolute Gasteiger partial charge is 0.444 e. The van der Waals surface area contributed by atoms with E-state index < -0.39 is 6.09 Å². The van der Waals surface area contributed by atoms with Crippen LogP contribution in [0.2, 0.25) is 0 Å². The summed E-state index contributed by atoms with van der Waals surface area (Å²) in [5.74, 6) is 0. The van der Waals surface area contributed by atoms with Crippen molar-refractivity contribution in [3.05, 3.63) is 88.9 Å². The molecule has 0 unspecified atom stereocenters. The standard InChI is InChI=1S/C19H16BrN3O2/c20-17-10-18(12-22-11-17)23(13-15-6-8-21-9-7-15)19(24)25-14-16-4-2-1-3-5-16/h1-12H,13-14H2. The summed E-state index contributed by atoms with van der Waals surface area (Å²) in [4.78, 5) is 22.4. The Morgan fingerprint density at radius 2 is 1.76 bits per heavy atom. The van der Waals surface area contributed by atoms with E-state index in [0.717, 1.165) is 15.6 Å². The van der Waals surface area contributed by atoms with Crippen LogP contribution in [0.3, 0.4) is 0 Å². The first-order valence-corrected chi connectivity index (χ1v) is 8.49. The molecule has 3 aromatic rings. The van der Waals surface area contributed by atoms with E-state index in [4.69, 9.17) is 4.74 Å². The Kier molecular flexibility index (Phi) is 5.74. The summed E-state index contributed by atoms with van der Waals surface area (Å²) in [7, 11) is 0. The zero-order chi connectivity index (χ0) is 17.5. The lowest BCUT2D eigenvalue weighted by atomic mass is 10.2. The maximum absolute atomic E-state index is 12.7. The van der Waals surface area contributed by atoms with Crippen molar-refractivity contribution in [2.45, 2.75) is 13.2 Å². The van der Waals surface area contributed by atoms with E-state index in [2.05, 4.69) is 25.9 Å². The fourth-order valence-electron chi connectivity index (χ4n) is 2.28. The number of anilines is 1. The number of carbonyl (C=O) groups is 1. The van der Waals surface area contributed by atoms with Gasteiger partial charge in [-0.25, -0.2) is 4.79 Å². The third-order valence-corrected chi connectivity index (χ3v) is 3.95. The van der Waals surface area contributed by atoms with Crippen molar-refractivity contribution in [3.8, 4) is 0 Å². The number of halogens is 1. The number of ether oxygens (including phenoxy) is 1. The van der Waals surface area contributed by atoms with Gasteiger partial charge in [0.15, 0.2) is 0 Å². The number of rotatable bonds is 5. The van der Waals surface area contributed by atoms with Crippen molar-refractivity contribution in [3.63, 3.8) is 0 Å². The lowest BCUT2D eigenvalue weighted by Gasteiger charge is -2.22. The second-order valence-corrected chi connectivity index (χ2v) is 6.26. The van der Waals surface area contributed by atoms with Gasteiger partial charge in [-0.2, -0.15) is 0 Å². The van der Waals surface area contributed by atoms with Crippen LogP contribution < -0.4 is 4.90 Å². The van der Waals surface area contributed by atoms with E-state index >= 15 is 0 Å². The van der Waals surface area contributed by atoms with Crippen molar-refractivity contribution in [1.82, 2.24) is 9.97 Å². The van der Waals surface area contributed by atoms with Crippen LogP contribution in [0.1, 0.15) is 11.1 Å². The second-order valence-electron chi connectivity index (χ2n) is 5.34. The van der Waals surface area contributed by atoms with E-state index in [-0.39, 0.29) is 6.61 Å². The van der Waals surface area contributed by atoms with Crippen molar-refractivity contribution < 1.29 is 9.53 Å². The molecule has 0 aliphatic rings. The average Bonchev–Trinajstić information content (AvgIpc) is 2.66. The Bertz CT molecular complexity index is 828. The van der Waals surface area contributed by atoms with Crippen LogP contribution in [-0.4, -0.2) is 16.1 Å². The number of hydrogen-bond donors (Lipinski definition) is 0. The topological polar surface area (TPSA) is 55.3 Å². The van der Waals surface area contributed by atoms with Gasteiger partial charge in [-0.3, -0.25) is 14.9 Å². The fourth-order valence-corrected chi connectivity index (χ4v) is 2.63. The van der Waals surface area contributed by atoms with Gasteiger partial charge in [0.25, 0.3) is 0 Å². The fraction of sp³-hybridized carbons (Fsp3) is 0.105. The summed E-state index contributed by atoms with van der Waals surface area (Å²) in [6.45, 7) is 0.586. The Labute approximate surface area is 154 Å². The molecule has 0 saturated carbocycles. The molecule has 0 fully saturated rings. The van der Waals surface area contributed by atoms with Gasteiger partial charge in [0.05, 0.1) is 18.4 Å². The van der Waals surface area contributed by atoms with E-state index in [1.54, 1.807) is 29.7 Å². The normalized spacial score (nSPS) is 10.3. The van der Waals surface area contributed by atoms with Crippen LogP contribution in [0.15, 0.2) is 77.8 Å². The van der Waals surface area contributed by atoms with Gasteiger partial charge in [0, 0.05) is 23.1 Å². The number of benzene rings is 1. The van der Waals surface area contributed by atoms with E-state index in [0.29, 0.717) is 12.2 Å². The molecule has 6 heteroatoms. The van der Waals surface area contributed by atoms with Gasteiger partial charge in [-0.05, 0) is 45.3 Å². The highest BCUT2D eigenvalue weighted by Crippen LogP contribution is 2.21. The van der Waals surface area contributed by atoms with Crippen LogP contribution >= 0.6 is 15.9 Å². The van der Waals surface area contributed by atoms with Crippen LogP contribution in [0.4, 0.5) is 10.5 Å². The third kappa shape index (κ3) is 4.87. The summed E-state index contributed by atoms with van der Waals surface area (Å²) >= 11 is 3.39. The highest BCUT2D eigenvalue weighted by Gasteiger charge is 2.18. The number of amides is 1. The Balaban J connectivity index is 1.78. The van der Waals surface area contributed by atoms with Gasteiger partial charge in [-0.15, -0.1) is 0 Å². The molecular weight excluding hydrogens is 382 g/mol. The molecule has 2 aromatic heterocycles. The molecule has 2 heterocycles. The average molecular weight is 398 g/mol. The van der Waals surface area contributed by atoms with Gasteiger partial charge in [0.2, 0.25) is 0 Å². The summed E-state index contributed by atoms with van der Waals surface area (Å²) in [6, 6.07) is 15.1. The van der Waals surface area contributed by atoms with Gasteiger partial charge in [0.1, 0.15) is 6.61 Å². The molecule has 0 aliphatic carbocycles. The van der Waals surface area contributed by atoms with Gasteiger partial charge < -0.3 is 4.74 Å². The minimum Gasteiger partial charge on any atom is -0.444 e. The summed E-state index contributed by atoms with van der Waals surface area (Å²) < 4.78 is 6.28. The monoisotopic (exact) mass is 397 g/mol. The lowest BCUT2D eigenvalue weighted by Crippen LogP contribution is -2.31. The molecule has 0 saturated heterocycles. The van der Waals surface area contributed by atoms with Crippen LogP contribution in [0, 0.1) is 0 Å². The molecular formula is C19H16BrN3O2. The molecule has 5 nitrogen and oxygen atoms in total. The molecule has 3 rings (SSSR count). The number of carbonyl (C=O) groups excluding carboxylic acids is 1. The van der Waals surface area contributed by atoms with Crippen molar-refractivity contribution >= 4 is 27.7 Å². The van der Waals surface area contributed by atoms with Gasteiger partial charge >= 0.3 is 6.09 Å². The molecule has 1 aromatic carbocycles. The third-order valence-electron chi connectivity index (χ3n) is 3.52. The Morgan fingerprint density at radius 3 is 2.48 bits per heavy atom. The molecule has 126 valence electrons. The highest BCUT2D eigenvalue weighted by atomic mass is 79.9. The van der Waals surface area contributed by atoms with E-state index in [1.807, 2.05) is 48.5 Å². The van der Waals surface area contributed by atoms with Crippen LogP contribution in [0.25, 0.3) is 0 Å². The summed E-state index contributed by atoms with van der Waals surface area (Å²) in [6.07, 6.45) is 6.27. The number of hydrogen-bond acceptors (Lipinski definition) is 4. The highest BCUT2D eigenvalue weighted by molar-refractivity contribution is 9.10. The smallest absolute Gasteiger partial charge is 0.414 e. The SMILES string of the molecule is O=C(OCc1ccccc1)N(Cc1ccncc1)c1cncc(Br)c1. The molecule has 0 spiro atoms. The van der Waals surface area contributed by atoms with Crippen molar-refractivity contribution in [1.29, 1.82) is 0 Å². The van der Waals surface area contributed by atoms with Crippen molar-refractivity contribution in [2.75, 3.05) is 4.90 Å². The number of pyridine rings is 2. The second kappa shape index (κ2) is 8.39. The van der Waals surface area contributed by atoms with Gasteiger partial charge in [-0.1, -0.05) is 30.3 Å². The van der Waals surface area contributed by atoms with E-state index in [9.17, 15) is 4.79 Å². The maximum atomic E-state index is 12.7. The first-order valence-electron chi connectivity index (χ1n) is 7.70. The Morgan fingerprint density at radius 1 is 1.00 bits per heavy atom. The zero-order valence-corrected chi connectivity index (χ0v) is 15.0. The zero-order valence-electron chi connectivity index (χ0n) is 13.4. The predicted molar refractivity (Wildman–Crippen MR) is 99.0 cm³/mol. The molecule has 0 aliphatic heterocycles. The first-order chi connectivity index (χ1) is 12.2. The number of aromatic nitrogens is 2. The minimum atomic E-state index is -0.430. The molecule has 25 heavy (non-hydrogen) atoms. The number of nitrogens with zero attached hydrogens (tertiary/aromatic N) is 3. The van der Waals surface area contributed by atoms with E-state index in [1.165, 1.54) is 0 Å². The molecule has 1 amide bonds. The minimum absolute atomic E-state index is 0.216. The first kappa shape index (κ1) is 17.1. The molecule has 0 atom stereocenters. The Hall–Kier alpha value is -2.73.